The average Bonchev–Trinajstić information content (AvgIpc) is 3.45. The van der Waals surface area contributed by atoms with Crippen molar-refractivity contribution >= 4 is 46.9 Å². The summed E-state index contributed by atoms with van der Waals surface area (Å²) >= 11 is 0. The number of hydrogen-bond acceptors (Lipinski definition) is 13. The molecule has 0 radical (unpaired) electrons. The highest BCUT2D eigenvalue weighted by atomic mass is 16.6. The van der Waals surface area contributed by atoms with Crippen molar-refractivity contribution in [1.82, 2.24) is 0 Å². The van der Waals surface area contributed by atoms with Gasteiger partial charge in [-0.15, -0.1) is 0 Å². The Hall–Kier alpha value is -9.46. The van der Waals surface area contributed by atoms with Crippen LogP contribution in [-0.2, 0) is 47.7 Å². The van der Waals surface area contributed by atoms with Gasteiger partial charge in [0, 0.05) is 0 Å². The molecule has 0 fully saturated rings. The van der Waals surface area contributed by atoms with E-state index in [9.17, 15) is 24.0 Å². The molecule has 0 saturated carbocycles. The smallest absolute Gasteiger partial charge is 0.310 e. The van der Waals surface area contributed by atoms with Crippen molar-refractivity contribution in [3.05, 3.63) is 180 Å². The summed E-state index contributed by atoms with van der Waals surface area (Å²) in [5.41, 5.74) is 7.57. The summed E-state index contributed by atoms with van der Waals surface area (Å²) < 4.78 is 46.7. The highest BCUT2D eigenvalue weighted by Crippen LogP contribution is 2.34. The largest absolute Gasteiger partial charge is 0.494 e. The number of hydrogen-bond donors (Lipinski definition) is 0. The Kier molecular flexibility index (Phi) is 27.6. The first kappa shape index (κ1) is 67.7. The van der Waals surface area contributed by atoms with Crippen LogP contribution in [0.15, 0.2) is 146 Å². The summed E-state index contributed by atoms with van der Waals surface area (Å²) in [5.74, 6) is -6.50. The fourth-order valence-electron chi connectivity index (χ4n) is 9.57. The number of unbranched alkanes of at least 4 members (excludes halogenated alkanes) is 3. The summed E-state index contributed by atoms with van der Waals surface area (Å²) in [5, 5.41) is 0. The topological polar surface area (TPSA) is 172 Å². The first-order valence-electron chi connectivity index (χ1n) is 30.1. The van der Waals surface area contributed by atoms with Crippen LogP contribution in [0.4, 0.5) is 17.1 Å². The van der Waals surface area contributed by atoms with E-state index in [-0.39, 0.29) is 39.1 Å². The summed E-state index contributed by atoms with van der Waals surface area (Å²) in [4.78, 5) is 80.3. The third-order valence-corrected chi connectivity index (χ3v) is 14.5. The van der Waals surface area contributed by atoms with Gasteiger partial charge in [-0.2, -0.15) is 0 Å². The molecule has 5 unspecified atom stereocenters. The Bertz CT molecular complexity index is 3290. The molecule has 0 spiro atoms. The monoisotopic (exact) mass is 1190 g/mol. The molecule has 16 nitrogen and oxygen atoms in total. The van der Waals surface area contributed by atoms with E-state index >= 15 is 0 Å². The van der Waals surface area contributed by atoms with Crippen LogP contribution in [0.2, 0.25) is 0 Å². The molecular formula is C72H79N3O13. The van der Waals surface area contributed by atoms with Gasteiger partial charge in [-0.25, -0.2) is 14.5 Å². The summed E-state index contributed by atoms with van der Waals surface area (Å²) in [6.07, 6.45) is 1.48. The molecule has 88 heavy (non-hydrogen) atoms. The lowest BCUT2D eigenvalue weighted by Crippen LogP contribution is -2.37. The molecule has 0 amide bonds. The van der Waals surface area contributed by atoms with Crippen LogP contribution in [0.3, 0.4) is 0 Å². The zero-order valence-corrected chi connectivity index (χ0v) is 51.2. The summed E-state index contributed by atoms with van der Waals surface area (Å²) in [7, 11) is 0. The standard InChI is InChI=1S/C72H79N3O13/c1-49(2)87-69(77)52(6)67(72(80)88-50(3)4)48-60(71(79)86-45-15-12-42-83-66-38-26-58(27-39-66)55-20-32-63(75-9)33-21-55)47-59(70(78)85-44-14-11-41-82-65-36-24-57(25-37-65)54-18-30-62(74-8)31-19-54)46-51(5)68(76)84-43-13-10-40-81-64-34-22-56(23-35-64)53-16-28-61(73-7)29-17-53/h16-39,49-52,59-60,67H,10-15,40-48H2,1-6H3. The van der Waals surface area contributed by atoms with Gasteiger partial charge in [0.2, 0.25) is 0 Å². The maximum Gasteiger partial charge on any atom is 0.310 e. The van der Waals surface area contributed by atoms with Crippen molar-refractivity contribution in [3.8, 4) is 50.6 Å². The van der Waals surface area contributed by atoms with Gasteiger partial charge in [0.25, 0.3) is 0 Å². The second-order valence-corrected chi connectivity index (χ2v) is 22.1. The van der Waals surface area contributed by atoms with E-state index in [1.165, 1.54) is 0 Å². The van der Waals surface area contributed by atoms with Crippen molar-refractivity contribution in [2.45, 2.75) is 112 Å². The number of benzene rings is 6. The quantitative estimate of drug-likeness (QED) is 0.0159. The number of esters is 5. The van der Waals surface area contributed by atoms with Crippen molar-refractivity contribution < 1.29 is 61.9 Å². The molecule has 0 aromatic heterocycles. The van der Waals surface area contributed by atoms with Crippen LogP contribution >= 0.6 is 0 Å². The van der Waals surface area contributed by atoms with Crippen molar-refractivity contribution in [2.24, 2.45) is 29.6 Å². The highest BCUT2D eigenvalue weighted by molar-refractivity contribution is 5.83. The molecule has 0 aliphatic carbocycles. The maximum absolute atomic E-state index is 14.5. The van der Waals surface area contributed by atoms with Crippen LogP contribution in [0.25, 0.3) is 47.9 Å². The number of nitrogens with zero attached hydrogens (tertiary/aromatic N) is 3. The minimum Gasteiger partial charge on any atom is -0.494 e. The Morgan fingerprint density at radius 1 is 0.341 bits per heavy atom. The van der Waals surface area contributed by atoms with Gasteiger partial charge in [-0.1, -0.05) is 123 Å². The second-order valence-electron chi connectivity index (χ2n) is 22.1. The zero-order chi connectivity index (χ0) is 63.2. The molecule has 0 aliphatic rings. The van der Waals surface area contributed by atoms with Crippen molar-refractivity contribution in [1.29, 1.82) is 0 Å². The van der Waals surface area contributed by atoms with Gasteiger partial charge < -0.3 is 37.9 Å². The summed E-state index contributed by atoms with van der Waals surface area (Å²) in [6, 6.07) is 44.9. The molecule has 0 bridgehead atoms. The van der Waals surface area contributed by atoms with E-state index < -0.39 is 71.6 Å². The van der Waals surface area contributed by atoms with Gasteiger partial charge in [0.15, 0.2) is 17.1 Å². The lowest BCUT2D eigenvalue weighted by atomic mass is 9.79. The van der Waals surface area contributed by atoms with Gasteiger partial charge in [0.1, 0.15) is 17.2 Å². The predicted molar refractivity (Wildman–Crippen MR) is 337 cm³/mol. The lowest BCUT2D eigenvalue weighted by molar-refractivity contribution is -0.167. The molecule has 5 atom stereocenters. The molecule has 16 heteroatoms. The number of ether oxygens (including phenoxy) is 8. The molecule has 0 heterocycles. The van der Waals surface area contributed by atoms with Crippen LogP contribution in [0, 0.1) is 49.3 Å². The summed E-state index contributed by atoms with van der Waals surface area (Å²) in [6.45, 7) is 32.7. The lowest BCUT2D eigenvalue weighted by Gasteiger charge is -2.28. The van der Waals surface area contributed by atoms with Crippen LogP contribution in [-0.4, -0.2) is 81.7 Å². The average molecular weight is 1190 g/mol. The van der Waals surface area contributed by atoms with Crippen LogP contribution < -0.4 is 14.2 Å². The molecule has 0 saturated heterocycles. The second kappa shape index (κ2) is 35.9. The molecule has 0 aliphatic heterocycles. The molecule has 0 N–H and O–H groups in total. The zero-order valence-electron chi connectivity index (χ0n) is 51.2. The van der Waals surface area contributed by atoms with Crippen LogP contribution in [0.1, 0.15) is 99.3 Å². The highest BCUT2D eigenvalue weighted by Gasteiger charge is 2.40. The Balaban J connectivity index is 1.10. The van der Waals surface area contributed by atoms with E-state index in [0.717, 1.165) is 33.4 Å². The molecule has 6 aromatic rings. The van der Waals surface area contributed by atoms with E-state index in [2.05, 4.69) is 14.5 Å². The molecule has 6 aromatic carbocycles. The van der Waals surface area contributed by atoms with Gasteiger partial charge in [0.05, 0.1) is 101 Å². The minimum absolute atomic E-state index is 0.00964. The van der Waals surface area contributed by atoms with Gasteiger partial charge >= 0.3 is 29.8 Å². The van der Waals surface area contributed by atoms with E-state index in [1.54, 1.807) is 77.9 Å². The fraction of sp³-hybridized carbons (Fsp3) is 0.389. The van der Waals surface area contributed by atoms with Crippen molar-refractivity contribution in [3.63, 3.8) is 0 Å². The number of rotatable bonds is 35. The van der Waals surface area contributed by atoms with Gasteiger partial charge in [-0.05, 0) is 155 Å². The number of carbonyl (C=O) groups is 5. The van der Waals surface area contributed by atoms with E-state index in [0.29, 0.717) is 92.7 Å². The van der Waals surface area contributed by atoms with E-state index in [4.69, 9.17) is 57.6 Å². The molecule has 460 valence electrons. The fourth-order valence-corrected chi connectivity index (χ4v) is 9.57. The normalized spacial score (nSPS) is 12.6. The van der Waals surface area contributed by atoms with Crippen LogP contribution in [0.5, 0.6) is 17.2 Å². The molecule has 6 rings (SSSR count). The third-order valence-electron chi connectivity index (χ3n) is 14.5. The first-order chi connectivity index (χ1) is 42.5. The molecular weight excluding hydrogens is 1110 g/mol. The Morgan fingerprint density at radius 2 is 0.625 bits per heavy atom. The third kappa shape index (κ3) is 22.4. The first-order valence-corrected chi connectivity index (χ1v) is 30.1. The minimum atomic E-state index is -1.17. The predicted octanol–water partition coefficient (Wildman–Crippen LogP) is 16.0. The van der Waals surface area contributed by atoms with Crippen molar-refractivity contribution in [2.75, 3.05) is 39.6 Å². The SMILES string of the molecule is [C-]#[N+]c1ccc(-c2ccc(OCCCCOC(=O)C(C)CC(CC(CC(C(=O)OC(C)C)C(C)C(=O)OC(C)C)C(=O)OCCCCOc3ccc(-c4ccc([N+]#[C-])cc4)cc3)C(=O)OCCCCOc3ccc(-c4ccc([N+]#[C-])cc4)cc3)cc2)cc1. The van der Waals surface area contributed by atoms with Gasteiger partial charge in [-0.3, -0.25) is 24.0 Å². The number of carbonyl (C=O) groups excluding carboxylic acids is 5. The van der Waals surface area contributed by atoms with E-state index in [1.807, 2.05) is 109 Å². The Labute approximate surface area is 517 Å². The Morgan fingerprint density at radius 3 is 0.943 bits per heavy atom. The maximum atomic E-state index is 14.5.